The number of hydrogen-bond donors (Lipinski definition) is 2. The molecule has 10 heteroatoms. The summed E-state index contributed by atoms with van der Waals surface area (Å²) in [6, 6.07) is 1.75. The highest BCUT2D eigenvalue weighted by Gasteiger charge is 2.25. The minimum atomic E-state index is 0.420. The van der Waals surface area contributed by atoms with Crippen LogP contribution in [-0.4, -0.2) is 205 Å². The van der Waals surface area contributed by atoms with Crippen molar-refractivity contribution in [1.82, 2.24) is 44.9 Å². The first-order valence-electron chi connectivity index (χ1n) is 20.1. The maximum atomic E-state index is 10.6. The number of rotatable bonds is 2. The van der Waals surface area contributed by atoms with Crippen LogP contribution < -0.4 is 10.6 Å². The van der Waals surface area contributed by atoms with Gasteiger partial charge in [0.2, 0.25) is 0 Å². The Morgan fingerprint density at radius 3 is 1.06 bits per heavy atom. The van der Waals surface area contributed by atoms with Crippen molar-refractivity contribution in [3.63, 3.8) is 0 Å². The van der Waals surface area contributed by atoms with E-state index in [9.17, 15) is 4.79 Å². The molecular weight excluding hydrogens is 598 g/mol. The molecule has 0 spiro atoms. The van der Waals surface area contributed by atoms with E-state index < -0.39 is 0 Å². The van der Waals surface area contributed by atoms with Crippen molar-refractivity contribution < 1.29 is 4.79 Å². The van der Waals surface area contributed by atoms with Crippen LogP contribution in [0.15, 0.2) is 0 Å². The first-order chi connectivity index (χ1) is 23.3. The summed E-state index contributed by atoms with van der Waals surface area (Å²) >= 11 is 0. The van der Waals surface area contributed by atoms with Crippen LogP contribution in [0.25, 0.3) is 0 Å². The SMILES string of the molecule is CC.CC.CC.CN1CCC(=O)CC1.CN1CCC(N2CCN(C)CC2)CC1.CN1CCN(C2CCNCC2)CC1.CN1CCNCC1. The predicted molar refractivity (Wildman–Crippen MR) is 211 cm³/mol. The summed E-state index contributed by atoms with van der Waals surface area (Å²) in [6.07, 6.45) is 6.97. The fourth-order valence-corrected chi connectivity index (χ4v) is 6.55. The molecule has 0 radical (unpaired) electrons. The summed E-state index contributed by atoms with van der Waals surface area (Å²) in [6.45, 7) is 33.8. The lowest BCUT2D eigenvalue weighted by Gasteiger charge is -2.41. The monoisotopic (exact) mass is 684 g/mol. The third-order valence-electron chi connectivity index (χ3n) is 9.99. The van der Waals surface area contributed by atoms with Crippen LogP contribution in [0.4, 0.5) is 0 Å². The van der Waals surface area contributed by atoms with Crippen LogP contribution in [0, 0.1) is 0 Å². The number of piperazine rings is 3. The number of carbonyl (C=O) groups is 1. The van der Waals surface area contributed by atoms with Gasteiger partial charge in [-0.1, -0.05) is 41.5 Å². The van der Waals surface area contributed by atoms with E-state index in [1.807, 2.05) is 48.6 Å². The predicted octanol–water partition coefficient (Wildman–Crippen LogP) is 3.19. The molecule has 6 rings (SSSR count). The molecule has 10 nitrogen and oxygen atoms in total. The van der Waals surface area contributed by atoms with Gasteiger partial charge >= 0.3 is 0 Å². The van der Waals surface area contributed by atoms with Gasteiger partial charge in [0.15, 0.2) is 0 Å². The zero-order chi connectivity index (χ0) is 36.2. The number of likely N-dealkylation sites (tertiary alicyclic amines) is 2. The van der Waals surface area contributed by atoms with Crippen LogP contribution >= 0.6 is 0 Å². The zero-order valence-electron chi connectivity index (χ0n) is 34.2. The van der Waals surface area contributed by atoms with Gasteiger partial charge in [0.1, 0.15) is 5.78 Å². The van der Waals surface area contributed by atoms with E-state index in [4.69, 9.17) is 0 Å². The first-order valence-corrected chi connectivity index (χ1v) is 20.1. The summed E-state index contributed by atoms with van der Waals surface area (Å²) < 4.78 is 0. The van der Waals surface area contributed by atoms with Gasteiger partial charge in [-0.3, -0.25) is 14.6 Å². The Balaban J connectivity index is 0.000000600. The second kappa shape index (κ2) is 31.1. The summed E-state index contributed by atoms with van der Waals surface area (Å²) in [7, 11) is 10.9. The van der Waals surface area contributed by atoms with E-state index in [1.165, 1.54) is 117 Å². The normalized spacial score (nSPS) is 24.6. The number of likely N-dealkylation sites (N-methyl/N-ethyl adjacent to an activating group) is 3. The lowest BCUT2D eigenvalue weighted by atomic mass is 10.0. The van der Waals surface area contributed by atoms with Gasteiger partial charge < -0.3 is 35.1 Å². The quantitative estimate of drug-likeness (QED) is 0.454. The van der Waals surface area contributed by atoms with Gasteiger partial charge in [-0.2, -0.15) is 0 Å². The number of carbonyl (C=O) groups excluding carboxylic acids is 1. The molecular formula is C38H85N9O. The van der Waals surface area contributed by atoms with Gasteiger partial charge in [0.05, 0.1) is 0 Å². The number of piperidine rings is 3. The molecule has 6 aliphatic heterocycles. The van der Waals surface area contributed by atoms with Crippen molar-refractivity contribution in [2.45, 2.75) is 92.2 Å². The van der Waals surface area contributed by atoms with Crippen molar-refractivity contribution in [3.05, 3.63) is 0 Å². The Morgan fingerprint density at radius 2 is 0.708 bits per heavy atom. The molecule has 48 heavy (non-hydrogen) atoms. The average molecular weight is 684 g/mol. The van der Waals surface area contributed by atoms with Crippen molar-refractivity contribution in [3.8, 4) is 0 Å². The molecule has 6 aliphatic rings. The Kier molecular flexibility index (Phi) is 30.6. The maximum Gasteiger partial charge on any atom is 0.135 e. The number of nitrogens with one attached hydrogen (secondary N) is 2. The number of ketones is 1. The summed E-state index contributed by atoms with van der Waals surface area (Å²) in [4.78, 5) is 27.8. The van der Waals surface area contributed by atoms with Gasteiger partial charge in [0.25, 0.3) is 0 Å². The summed E-state index contributed by atoms with van der Waals surface area (Å²) in [5.74, 6) is 0.420. The minimum Gasteiger partial charge on any atom is -0.317 e. The molecule has 0 bridgehead atoms. The van der Waals surface area contributed by atoms with Crippen molar-refractivity contribution in [1.29, 1.82) is 0 Å². The lowest BCUT2D eigenvalue weighted by molar-refractivity contribution is -0.121. The zero-order valence-corrected chi connectivity index (χ0v) is 34.2. The number of hydrogen-bond acceptors (Lipinski definition) is 10. The fourth-order valence-electron chi connectivity index (χ4n) is 6.55. The van der Waals surface area contributed by atoms with E-state index in [2.05, 4.69) is 73.1 Å². The van der Waals surface area contributed by atoms with Crippen LogP contribution in [0.3, 0.4) is 0 Å². The highest BCUT2D eigenvalue weighted by molar-refractivity contribution is 5.79. The molecule has 6 heterocycles. The molecule has 0 saturated carbocycles. The largest absolute Gasteiger partial charge is 0.317 e. The molecule has 6 fully saturated rings. The smallest absolute Gasteiger partial charge is 0.135 e. The third kappa shape index (κ3) is 22.2. The standard InChI is InChI=1S/C11H23N3.C10H21N3.C6H11NO.C5H12N2.3C2H6/c1-12-5-3-11(4-6-12)14-9-7-13(2)8-10-14;1-12-6-8-13(9-7-12)10-2-4-11-5-3-10;1-7-4-2-6(8)3-5-7;1-7-4-2-6-3-5-7;3*1-2/h11H,3-10H2,1-2H3;10-11H,2-9H2,1H3;2-5H2,1H3;6H,2-5H2,1H3;3*1-2H3. The van der Waals surface area contributed by atoms with Crippen LogP contribution in [0.2, 0.25) is 0 Å². The van der Waals surface area contributed by atoms with Crippen molar-refractivity contribution >= 4 is 5.78 Å². The molecule has 0 aliphatic carbocycles. The second-order valence-electron chi connectivity index (χ2n) is 13.6. The molecule has 0 unspecified atom stereocenters. The van der Waals surface area contributed by atoms with Crippen LogP contribution in [-0.2, 0) is 4.79 Å². The highest BCUT2D eigenvalue weighted by Crippen LogP contribution is 2.17. The van der Waals surface area contributed by atoms with E-state index in [0.29, 0.717) is 5.78 Å². The first kappa shape index (κ1) is 47.3. The lowest BCUT2D eigenvalue weighted by Crippen LogP contribution is -2.51. The van der Waals surface area contributed by atoms with E-state index in [1.54, 1.807) is 0 Å². The maximum absolute atomic E-state index is 10.6. The van der Waals surface area contributed by atoms with Crippen molar-refractivity contribution in [2.75, 3.05) is 153 Å². The molecule has 0 aromatic carbocycles. The van der Waals surface area contributed by atoms with E-state index in [0.717, 1.165) is 51.1 Å². The fraction of sp³-hybridized carbons (Fsp3) is 0.974. The van der Waals surface area contributed by atoms with Gasteiger partial charge in [-0.25, -0.2) is 0 Å². The number of Topliss-reactive ketones (excluding diaryl/α,β-unsaturated/α-hetero) is 1. The van der Waals surface area contributed by atoms with Gasteiger partial charge in [-0.05, 0) is 87.1 Å². The molecule has 6 saturated heterocycles. The third-order valence-corrected chi connectivity index (χ3v) is 9.99. The average Bonchev–Trinajstić information content (AvgIpc) is 3.15. The van der Waals surface area contributed by atoms with Crippen LogP contribution in [0.5, 0.6) is 0 Å². The van der Waals surface area contributed by atoms with E-state index in [-0.39, 0.29) is 0 Å². The summed E-state index contributed by atoms with van der Waals surface area (Å²) in [5.41, 5.74) is 0. The van der Waals surface area contributed by atoms with Crippen LogP contribution in [0.1, 0.15) is 80.1 Å². The highest BCUT2D eigenvalue weighted by atomic mass is 16.1. The molecule has 0 amide bonds. The number of nitrogens with zero attached hydrogens (tertiary/aromatic N) is 7. The Bertz CT molecular complexity index is 664. The van der Waals surface area contributed by atoms with E-state index >= 15 is 0 Å². The molecule has 288 valence electrons. The van der Waals surface area contributed by atoms with Gasteiger partial charge in [-0.15, -0.1) is 0 Å². The second-order valence-corrected chi connectivity index (χ2v) is 13.6. The topological polar surface area (TPSA) is 63.8 Å². The van der Waals surface area contributed by atoms with Gasteiger partial charge in [0, 0.05) is 117 Å². The molecule has 0 aromatic heterocycles. The Hall–Kier alpha value is -0.690. The summed E-state index contributed by atoms with van der Waals surface area (Å²) in [5, 5.41) is 6.70. The Morgan fingerprint density at radius 1 is 0.396 bits per heavy atom. The van der Waals surface area contributed by atoms with Crippen molar-refractivity contribution in [2.24, 2.45) is 0 Å². The minimum absolute atomic E-state index is 0.420. The Labute approximate surface area is 300 Å². The molecule has 0 aromatic rings. The molecule has 0 atom stereocenters. The molecule has 2 N–H and O–H groups in total.